The zero-order chi connectivity index (χ0) is 13.8. The highest BCUT2D eigenvalue weighted by molar-refractivity contribution is 4.99. The van der Waals surface area contributed by atoms with Crippen LogP contribution >= 0.6 is 0 Å². The molecule has 0 saturated carbocycles. The lowest BCUT2D eigenvalue weighted by atomic mass is 9.84. The molecule has 112 valence electrons. The van der Waals surface area contributed by atoms with E-state index in [1.807, 2.05) is 6.20 Å². The smallest absolute Gasteiger partial charge is 0.0710 e. The van der Waals surface area contributed by atoms with Gasteiger partial charge in [0.1, 0.15) is 0 Å². The standard InChI is InChI=1S/C15H25N3O2/c1-19-9-3-13-10-15(20-12-13)4-7-18(8-5-15)11-14-2-6-16-17-14/h2,6,13H,3-5,7-12H2,1H3,(H,16,17). The van der Waals surface area contributed by atoms with Crippen molar-refractivity contribution in [1.82, 2.24) is 15.1 Å². The molecule has 2 aliphatic heterocycles. The number of nitrogens with zero attached hydrogens (tertiary/aromatic N) is 2. The molecule has 3 heterocycles. The number of aromatic amines is 1. The van der Waals surface area contributed by atoms with Crippen molar-refractivity contribution in [1.29, 1.82) is 0 Å². The molecular weight excluding hydrogens is 254 g/mol. The number of rotatable bonds is 5. The van der Waals surface area contributed by atoms with Crippen LogP contribution in [-0.4, -0.2) is 54.1 Å². The van der Waals surface area contributed by atoms with Gasteiger partial charge < -0.3 is 9.47 Å². The van der Waals surface area contributed by atoms with E-state index in [0.717, 1.165) is 52.1 Å². The Bertz CT molecular complexity index is 399. The summed E-state index contributed by atoms with van der Waals surface area (Å²) in [5.74, 6) is 0.689. The van der Waals surface area contributed by atoms with Crippen molar-refractivity contribution < 1.29 is 9.47 Å². The first kappa shape index (κ1) is 14.0. The minimum Gasteiger partial charge on any atom is -0.385 e. The molecule has 1 N–H and O–H groups in total. The molecule has 0 aromatic carbocycles. The molecule has 0 aliphatic carbocycles. The molecule has 5 heteroatoms. The van der Waals surface area contributed by atoms with Gasteiger partial charge in [0.2, 0.25) is 0 Å². The monoisotopic (exact) mass is 279 g/mol. The molecule has 0 radical (unpaired) electrons. The van der Waals surface area contributed by atoms with Crippen LogP contribution < -0.4 is 0 Å². The average molecular weight is 279 g/mol. The summed E-state index contributed by atoms with van der Waals surface area (Å²) >= 11 is 0. The Labute approximate surface area is 120 Å². The zero-order valence-corrected chi connectivity index (χ0v) is 12.3. The third-order valence-corrected chi connectivity index (χ3v) is 4.74. The topological polar surface area (TPSA) is 50.4 Å². The molecule has 2 saturated heterocycles. The van der Waals surface area contributed by atoms with Gasteiger partial charge in [-0.05, 0) is 37.7 Å². The van der Waals surface area contributed by atoms with E-state index >= 15 is 0 Å². The van der Waals surface area contributed by atoms with Gasteiger partial charge in [0.25, 0.3) is 0 Å². The van der Waals surface area contributed by atoms with Crippen LogP contribution in [0.4, 0.5) is 0 Å². The number of methoxy groups -OCH3 is 1. The van der Waals surface area contributed by atoms with Crippen LogP contribution in [0, 0.1) is 5.92 Å². The summed E-state index contributed by atoms with van der Waals surface area (Å²) in [7, 11) is 1.78. The van der Waals surface area contributed by atoms with Crippen molar-refractivity contribution in [2.75, 3.05) is 33.4 Å². The highest BCUT2D eigenvalue weighted by Crippen LogP contribution is 2.39. The number of ether oxygens (including phenoxy) is 2. The largest absolute Gasteiger partial charge is 0.385 e. The predicted molar refractivity (Wildman–Crippen MR) is 76.4 cm³/mol. The molecule has 1 aromatic rings. The van der Waals surface area contributed by atoms with Crippen LogP contribution in [0.2, 0.25) is 0 Å². The molecule has 5 nitrogen and oxygen atoms in total. The summed E-state index contributed by atoms with van der Waals surface area (Å²) in [6, 6.07) is 2.05. The van der Waals surface area contributed by atoms with E-state index in [2.05, 4.69) is 21.2 Å². The van der Waals surface area contributed by atoms with E-state index in [1.165, 1.54) is 12.1 Å². The molecule has 20 heavy (non-hydrogen) atoms. The van der Waals surface area contributed by atoms with E-state index in [-0.39, 0.29) is 5.60 Å². The molecule has 1 aromatic heterocycles. The lowest BCUT2D eigenvalue weighted by Gasteiger charge is -2.38. The predicted octanol–water partition coefficient (Wildman–Crippen LogP) is 1.82. The van der Waals surface area contributed by atoms with Gasteiger partial charge in [-0.1, -0.05) is 0 Å². The van der Waals surface area contributed by atoms with Crippen molar-refractivity contribution in [3.63, 3.8) is 0 Å². The molecule has 1 spiro atoms. The molecule has 1 unspecified atom stereocenters. The van der Waals surface area contributed by atoms with Crippen molar-refractivity contribution in [2.45, 2.75) is 37.8 Å². The van der Waals surface area contributed by atoms with Gasteiger partial charge in [-0.15, -0.1) is 0 Å². The van der Waals surface area contributed by atoms with E-state index in [9.17, 15) is 0 Å². The average Bonchev–Trinajstić information content (AvgIpc) is 3.10. The second kappa shape index (κ2) is 6.24. The van der Waals surface area contributed by atoms with Crippen LogP contribution in [0.15, 0.2) is 12.3 Å². The van der Waals surface area contributed by atoms with Gasteiger partial charge in [-0.2, -0.15) is 5.10 Å². The third-order valence-electron chi connectivity index (χ3n) is 4.74. The Hall–Kier alpha value is -0.910. The molecule has 0 amide bonds. The van der Waals surface area contributed by atoms with Crippen molar-refractivity contribution in [3.8, 4) is 0 Å². The minimum absolute atomic E-state index is 0.156. The molecule has 0 bridgehead atoms. The molecule has 1 atom stereocenters. The fraction of sp³-hybridized carbons (Fsp3) is 0.800. The van der Waals surface area contributed by atoms with Crippen LogP contribution in [-0.2, 0) is 16.0 Å². The normalized spacial score (nSPS) is 26.4. The third kappa shape index (κ3) is 3.22. The summed E-state index contributed by atoms with van der Waals surface area (Å²) < 4.78 is 11.4. The summed E-state index contributed by atoms with van der Waals surface area (Å²) in [6.07, 6.45) is 6.49. The van der Waals surface area contributed by atoms with E-state index in [1.54, 1.807) is 7.11 Å². The summed E-state index contributed by atoms with van der Waals surface area (Å²) in [5.41, 5.74) is 1.36. The van der Waals surface area contributed by atoms with Crippen molar-refractivity contribution in [2.24, 2.45) is 5.92 Å². The first-order valence-corrected chi connectivity index (χ1v) is 7.63. The van der Waals surface area contributed by atoms with Crippen LogP contribution in [0.5, 0.6) is 0 Å². The SMILES string of the molecule is COCCC1COC2(CCN(Cc3ccn[nH]3)CC2)C1. The maximum atomic E-state index is 6.17. The fourth-order valence-corrected chi connectivity index (χ4v) is 3.49. The van der Waals surface area contributed by atoms with Gasteiger partial charge >= 0.3 is 0 Å². The van der Waals surface area contributed by atoms with Crippen molar-refractivity contribution in [3.05, 3.63) is 18.0 Å². The highest BCUT2D eigenvalue weighted by atomic mass is 16.5. The van der Waals surface area contributed by atoms with E-state index in [4.69, 9.17) is 9.47 Å². The highest BCUT2D eigenvalue weighted by Gasteiger charge is 2.42. The number of piperidine rings is 1. The summed E-state index contributed by atoms with van der Waals surface area (Å²) in [4.78, 5) is 2.49. The van der Waals surface area contributed by atoms with Gasteiger partial charge in [-0.3, -0.25) is 10.00 Å². The lowest BCUT2D eigenvalue weighted by molar-refractivity contribution is -0.0453. The number of hydrogen-bond donors (Lipinski definition) is 1. The second-order valence-corrected chi connectivity index (χ2v) is 6.20. The van der Waals surface area contributed by atoms with Crippen LogP contribution in [0.1, 0.15) is 31.4 Å². The Morgan fingerprint density at radius 1 is 1.50 bits per heavy atom. The van der Waals surface area contributed by atoms with E-state index < -0.39 is 0 Å². The molecular formula is C15H25N3O2. The maximum absolute atomic E-state index is 6.17. The van der Waals surface area contributed by atoms with Gasteiger partial charge in [0, 0.05) is 45.2 Å². The first-order chi connectivity index (χ1) is 9.80. The number of nitrogens with one attached hydrogen (secondary N) is 1. The van der Waals surface area contributed by atoms with Crippen molar-refractivity contribution >= 4 is 0 Å². The number of likely N-dealkylation sites (tertiary alicyclic amines) is 1. The van der Waals surface area contributed by atoms with Gasteiger partial charge in [-0.25, -0.2) is 0 Å². The maximum Gasteiger partial charge on any atom is 0.0710 e. The summed E-state index contributed by atoms with van der Waals surface area (Å²) in [5, 5.41) is 7.05. The lowest BCUT2D eigenvalue weighted by Crippen LogP contribution is -2.43. The Balaban J connectivity index is 1.46. The van der Waals surface area contributed by atoms with Gasteiger partial charge in [0.15, 0.2) is 0 Å². The fourth-order valence-electron chi connectivity index (χ4n) is 3.49. The zero-order valence-electron chi connectivity index (χ0n) is 12.3. The first-order valence-electron chi connectivity index (χ1n) is 7.63. The Kier molecular flexibility index (Phi) is 4.38. The second-order valence-electron chi connectivity index (χ2n) is 6.20. The Morgan fingerprint density at radius 2 is 2.35 bits per heavy atom. The molecule has 2 aliphatic rings. The quantitative estimate of drug-likeness (QED) is 0.893. The van der Waals surface area contributed by atoms with Crippen LogP contribution in [0.3, 0.4) is 0 Å². The minimum atomic E-state index is 0.156. The van der Waals surface area contributed by atoms with Crippen LogP contribution in [0.25, 0.3) is 0 Å². The molecule has 2 fully saturated rings. The summed E-state index contributed by atoms with van der Waals surface area (Å²) in [6.45, 7) is 5.00. The van der Waals surface area contributed by atoms with E-state index in [0.29, 0.717) is 5.92 Å². The molecule has 3 rings (SSSR count). The number of hydrogen-bond acceptors (Lipinski definition) is 4. The Morgan fingerprint density at radius 3 is 3.05 bits per heavy atom. The number of aromatic nitrogens is 2. The van der Waals surface area contributed by atoms with Gasteiger partial charge in [0.05, 0.1) is 12.2 Å². The number of H-pyrrole nitrogens is 1.